The molecule has 60 nitrogen and oxygen atoms in total. The summed E-state index contributed by atoms with van der Waals surface area (Å²) in [5, 5.41) is 82.0. The summed E-state index contributed by atoms with van der Waals surface area (Å²) in [7, 11) is -49.0. The number of aromatic nitrogens is 16. The summed E-state index contributed by atoms with van der Waals surface area (Å²) >= 11 is 21.9. The zero-order chi connectivity index (χ0) is 88.1. The van der Waals surface area contributed by atoms with E-state index in [0.29, 0.717) is 20.0 Å². The number of nitrogens with zero attached hydrogens (tertiary/aromatic N) is 14. The van der Waals surface area contributed by atoms with Gasteiger partial charge < -0.3 is 135 Å². The van der Waals surface area contributed by atoms with Gasteiger partial charge in [0.05, 0.1) is 51.7 Å². The molecule has 12 heterocycles. The van der Waals surface area contributed by atoms with Crippen molar-refractivity contribution in [3.8, 4) is 0 Å². The van der Waals surface area contributed by atoms with E-state index < -0.39 is 202 Å². The average Bonchev–Trinajstić information content (AvgIpc) is 1.68. The minimum absolute atomic E-state index is 0.00136. The molecule has 0 bridgehead atoms. The number of phosphoric acid groups is 6. The maximum absolute atomic E-state index is 12.2. The van der Waals surface area contributed by atoms with Crippen LogP contribution in [0.15, 0.2) is 38.0 Å². The maximum atomic E-state index is 12.2. The number of rotatable bonds is 28. The predicted molar refractivity (Wildman–Crippen MR) is 391 cm³/mol. The zero-order valence-electron chi connectivity index (χ0n) is 58.8. The lowest BCUT2D eigenvalue weighted by atomic mass is 10.1. The molecule has 118 heavy (non-hydrogen) atoms. The molecule has 12 rings (SSSR count). The summed E-state index contributed by atoms with van der Waals surface area (Å²) < 4.78 is 184. The number of fused-ring (bicyclic) bond motifs is 4. The van der Waals surface area contributed by atoms with Gasteiger partial charge in [0.1, 0.15) is 119 Å². The number of phosphoric ester groups is 3. The highest BCUT2D eigenvalue weighted by Crippen LogP contribution is 2.68. The first-order valence-electron chi connectivity index (χ1n) is 31.3. The number of nitrogen functional groups attached to an aromatic ring is 2. The Bertz CT molecular complexity index is 5300. The Morgan fingerprint density at radius 2 is 0.669 bits per heavy atom. The van der Waals surface area contributed by atoms with Gasteiger partial charge in [0.25, 0.3) is 0 Å². The number of halogens is 2. The van der Waals surface area contributed by atoms with Gasteiger partial charge >= 0.3 is 77.3 Å². The van der Waals surface area contributed by atoms with Crippen LogP contribution in [0.1, 0.15) is 24.9 Å². The third-order valence-corrected chi connectivity index (χ3v) is 29.7. The lowest BCUT2D eigenvalue weighted by molar-refractivity contribution is -0.0503. The highest BCUT2D eigenvalue weighted by Gasteiger charge is 2.51. The fourth-order valence-electron chi connectivity index (χ4n) is 10.6. The molecular formula is C44H66Cl2N18O42P10S2. The van der Waals surface area contributed by atoms with E-state index in [0.717, 1.165) is 19.3 Å². The second kappa shape index (κ2) is 37.6. The van der Waals surface area contributed by atoms with Crippen LogP contribution in [0.3, 0.4) is 0 Å². The van der Waals surface area contributed by atoms with Crippen LogP contribution in [0.25, 0.3) is 44.7 Å². The minimum atomic E-state index is -5.45. The number of hydrogen-bond donors (Lipinski definition) is 22. The molecule has 4 aliphatic heterocycles. The number of H-pyrrole nitrogens is 2. The third-order valence-electron chi connectivity index (χ3n) is 15.1. The first kappa shape index (κ1) is 97.6. The SMILES string of the molecule is CP(=O)(O)OP(=O)(O)OC[C@H]1O[C@@H](n2cnc3c(=S)nc(N)[nH]c32)[C@H](O)[C@@H]1O.CP(=O)(O)OP(=O)(O)OC[C@H]1O[C@@H](n2cnc3c(=S)nc(N)[nH]c32)[C@H](O)[C@@H]1O.CP(=O)(O)OP(=O)(O)OP(=O)(O)OC[C@H]1O[C@@H](n2cnc3c(Cl)ncnc32)[C@H](O)[C@@H]1O.CP(=O)(OC[C@H]1O[C@@H](n2cnc3c(Cl)ncnc32)[C@H](O)[C@@H]1O)OP(=O)(O)OP(=O)(O)O. The zero-order valence-corrected chi connectivity index (χ0v) is 70.9. The summed E-state index contributed by atoms with van der Waals surface area (Å²) in [5.41, 5.74) is 13.1. The average molecular weight is 1960 g/mol. The van der Waals surface area contributed by atoms with E-state index in [2.05, 4.69) is 99.2 Å². The van der Waals surface area contributed by atoms with Crippen LogP contribution < -0.4 is 11.5 Å². The van der Waals surface area contributed by atoms with Crippen molar-refractivity contribution in [2.24, 2.45) is 0 Å². The van der Waals surface area contributed by atoms with Crippen LogP contribution in [0.2, 0.25) is 10.3 Å². The normalized spacial score (nSPS) is 29.4. The second-order valence-electron chi connectivity index (χ2n) is 24.4. The molecule has 4 aliphatic rings. The Morgan fingerprint density at radius 1 is 0.390 bits per heavy atom. The molecule has 4 saturated heterocycles. The molecule has 8 aromatic rings. The van der Waals surface area contributed by atoms with Gasteiger partial charge in [-0.2, -0.15) is 8.62 Å². The van der Waals surface area contributed by atoms with Gasteiger partial charge in [0.2, 0.25) is 0 Å². The number of aromatic amines is 2. The molecule has 74 heteroatoms. The molecule has 0 spiro atoms. The molecule has 0 amide bonds. The van der Waals surface area contributed by atoms with Crippen molar-refractivity contribution in [2.75, 3.05) is 64.6 Å². The summed E-state index contributed by atoms with van der Waals surface area (Å²) in [4.78, 5) is 136. The monoisotopic (exact) mass is 1960 g/mol. The van der Waals surface area contributed by atoms with E-state index >= 15 is 0 Å². The second-order valence-corrected chi connectivity index (χ2v) is 42.9. The highest BCUT2D eigenvalue weighted by molar-refractivity contribution is 7.72. The topological polar surface area (TPSA) is 896 Å². The van der Waals surface area contributed by atoms with E-state index in [1.54, 1.807) is 0 Å². The van der Waals surface area contributed by atoms with Gasteiger partial charge in [-0.05, 0) is 0 Å². The van der Waals surface area contributed by atoms with E-state index in [9.17, 15) is 111 Å². The molecule has 25 atom stereocenters. The Hall–Kier alpha value is -4.16. The Kier molecular flexibility index (Phi) is 31.1. The molecule has 660 valence electrons. The molecule has 0 radical (unpaired) electrons. The van der Waals surface area contributed by atoms with E-state index in [1.807, 2.05) is 0 Å². The van der Waals surface area contributed by atoms with Gasteiger partial charge in [-0.15, -0.1) is 0 Å². The van der Waals surface area contributed by atoms with Crippen molar-refractivity contribution in [3.05, 3.63) is 57.6 Å². The number of ether oxygens (including phenoxy) is 4. The molecule has 0 aliphatic carbocycles. The summed E-state index contributed by atoms with van der Waals surface area (Å²) in [6, 6.07) is 0. The number of nitrogens with two attached hydrogens (primary N) is 2. The summed E-state index contributed by atoms with van der Waals surface area (Å²) in [6.07, 6.45) is -15.0. The minimum Gasteiger partial charge on any atom is -0.387 e. The Morgan fingerprint density at radius 3 is 0.992 bits per heavy atom. The fraction of sp³-hybridized carbons (Fsp3) is 0.545. The highest BCUT2D eigenvalue weighted by atomic mass is 35.5. The van der Waals surface area contributed by atoms with E-state index in [1.165, 1.54) is 43.6 Å². The van der Waals surface area contributed by atoms with E-state index in [-0.39, 0.29) is 76.1 Å². The number of aliphatic hydroxyl groups excluding tert-OH is 8. The van der Waals surface area contributed by atoms with Gasteiger partial charge in [-0.3, -0.25) is 50.1 Å². The van der Waals surface area contributed by atoms with Crippen LogP contribution >= 0.6 is 125 Å². The van der Waals surface area contributed by atoms with Crippen LogP contribution in [0, 0.1) is 9.28 Å². The molecule has 24 N–H and O–H groups in total. The summed E-state index contributed by atoms with van der Waals surface area (Å²) in [5.74, 6) is -0.00271. The maximum Gasteiger partial charge on any atom is 0.488 e. The molecule has 0 aromatic carbocycles. The number of anilines is 2. The lowest BCUT2D eigenvalue weighted by Crippen LogP contribution is -2.33. The third kappa shape index (κ3) is 25.6. The lowest BCUT2D eigenvalue weighted by Gasteiger charge is -2.20. The van der Waals surface area contributed by atoms with Crippen LogP contribution in [-0.2, 0) is 109 Å². The van der Waals surface area contributed by atoms with Crippen LogP contribution in [0.5, 0.6) is 0 Å². The van der Waals surface area contributed by atoms with Crippen molar-refractivity contribution in [1.82, 2.24) is 78.1 Å². The quantitative estimate of drug-likeness (QED) is 0.0169. The first-order chi connectivity index (χ1) is 54.1. The number of hydrogen-bond acceptors (Lipinski definition) is 46. The smallest absolute Gasteiger partial charge is 0.387 e. The summed E-state index contributed by atoms with van der Waals surface area (Å²) in [6.45, 7) is -0.359. The van der Waals surface area contributed by atoms with Crippen LogP contribution in [0.4, 0.5) is 11.9 Å². The number of imidazole rings is 4. The Balaban J connectivity index is 0.000000180. The fourth-order valence-corrected chi connectivity index (χ4v) is 22.6. The number of nitrogens with one attached hydrogen (secondary N) is 2. The standard InChI is InChI=1S/2C11H16ClN4O12P3.2C11H17N5O9P2S/c1-29(19,27-31(23,24)28-30(20,21)22)25-2-5-7(17)8(18)11(26-5)16-4-15-6-9(12)13-3-14-10(6)16;1-29(19,20)27-31(23,24)28-30(21,22)25-2-5-7(17)8(18)11(26-5)16-4-15-6-9(12)13-3-14-10(6)16;2*1-26(19,20)25-27(21,22)23-2-4-6(17)7(18)10(24-4)16-3-13-5-8(16)14-11(12)15-9(5)28/h3-5,7-8,11,17-18H,2H2,1H3,(H,23,24)(H2,20,21,22);3-5,7-8,11,17-18H,2H2,1H3,(H,19,20)(H,21,22)(H,23,24);2*3-4,6-7,10,17-18H,2H2,1H3,(H,19,20)(H,21,22)(H3,12,14,15,28)/t5-,7-,8-,11-,29?;5-,7-,8-,11-;2*4-,6-,7-,10-/m1111/s1. The molecule has 9 unspecified atom stereocenters. The van der Waals surface area contributed by atoms with Crippen molar-refractivity contribution in [2.45, 2.75) is 98.2 Å². The largest absolute Gasteiger partial charge is 0.488 e. The van der Waals surface area contributed by atoms with E-state index in [4.69, 9.17) is 107 Å². The van der Waals surface area contributed by atoms with Gasteiger partial charge in [0, 0.05) is 26.7 Å². The Labute approximate surface area is 674 Å². The first-order valence-corrected chi connectivity index (χ1v) is 50.0. The van der Waals surface area contributed by atoms with Crippen molar-refractivity contribution < 1.29 is 198 Å². The predicted octanol–water partition coefficient (Wildman–Crippen LogP) is -0.392. The van der Waals surface area contributed by atoms with Gasteiger partial charge in [-0.1, -0.05) is 47.6 Å². The van der Waals surface area contributed by atoms with Crippen molar-refractivity contribution in [1.29, 1.82) is 0 Å². The molecule has 8 aromatic heterocycles. The van der Waals surface area contributed by atoms with Gasteiger partial charge in [-0.25, -0.2) is 94.5 Å². The molecule has 0 saturated carbocycles. The van der Waals surface area contributed by atoms with Crippen molar-refractivity contribution in [3.63, 3.8) is 0 Å². The van der Waals surface area contributed by atoms with Crippen LogP contribution in [-0.4, -0.2) is 294 Å². The number of aliphatic hydroxyl groups is 8. The van der Waals surface area contributed by atoms with Crippen molar-refractivity contribution >= 4 is 182 Å². The molecular weight excluding hydrogens is 1900 g/mol. The molecule has 4 fully saturated rings. The van der Waals surface area contributed by atoms with Gasteiger partial charge in [0.15, 0.2) is 67.7 Å².